The highest BCUT2D eigenvalue weighted by Gasteiger charge is 2.26. The van der Waals surface area contributed by atoms with Crippen molar-refractivity contribution < 1.29 is 13.9 Å². The molecule has 0 aliphatic carbocycles. The van der Waals surface area contributed by atoms with Crippen molar-refractivity contribution in [2.75, 3.05) is 13.1 Å². The van der Waals surface area contributed by atoms with Crippen LogP contribution in [-0.4, -0.2) is 38.9 Å². The summed E-state index contributed by atoms with van der Waals surface area (Å²) < 4.78 is 29.0. The van der Waals surface area contributed by atoms with Crippen LogP contribution in [0.4, 0.5) is 8.78 Å². The molecule has 1 aromatic carbocycles. The molecular weight excluding hydrogens is 300 g/mol. The number of β-amino-alcohol motifs (C(OH)–C–C–N with tert-alkyl or cyclic N) is 1. The van der Waals surface area contributed by atoms with E-state index in [1.54, 1.807) is 6.20 Å². The largest absolute Gasteiger partial charge is 0.387 e. The van der Waals surface area contributed by atoms with Gasteiger partial charge >= 0.3 is 0 Å². The molecule has 0 radical (unpaired) electrons. The predicted molar refractivity (Wildman–Crippen MR) is 82.8 cm³/mol. The molecule has 2 unspecified atom stereocenters. The third-order valence-corrected chi connectivity index (χ3v) is 4.43. The van der Waals surface area contributed by atoms with E-state index in [1.165, 1.54) is 0 Å². The minimum Gasteiger partial charge on any atom is -0.387 e. The Kier molecular flexibility index (Phi) is 5.03. The smallest absolute Gasteiger partial charge is 0.129 e. The van der Waals surface area contributed by atoms with Crippen molar-refractivity contribution >= 4 is 0 Å². The maximum absolute atomic E-state index is 13.8. The van der Waals surface area contributed by atoms with Crippen LogP contribution >= 0.6 is 0 Å². The van der Waals surface area contributed by atoms with Crippen LogP contribution in [0.2, 0.25) is 0 Å². The monoisotopic (exact) mass is 321 g/mol. The summed E-state index contributed by atoms with van der Waals surface area (Å²) in [6.07, 6.45) is 5.81. The first kappa shape index (κ1) is 16.1. The lowest BCUT2D eigenvalue weighted by Gasteiger charge is -2.37. The summed E-state index contributed by atoms with van der Waals surface area (Å²) in [5, 5.41) is 14.6. The normalized spacial score (nSPS) is 20.6. The Morgan fingerprint density at radius 1 is 1.30 bits per heavy atom. The number of aromatic nitrogens is 2. The number of halogens is 2. The second-order valence-electron chi connectivity index (χ2n) is 6.05. The Morgan fingerprint density at radius 3 is 2.96 bits per heavy atom. The highest BCUT2D eigenvalue weighted by molar-refractivity contribution is 5.21. The average Bonchev–Trinajstić information content (AvgIpc) is 3.04. The lowest BCUT2D eigenvalue weighted by molar-refractivity contribution is 0.0573. The Labute approximate surface area is 134 Å². The summed E-state index contributed by atoms with van der Waals surface area (Å²) in [6, 6.07) is 5.32. The number of likely N-dealkylation sites (tertiary alicyclic amines) is 1. The van der Waals surface area contributed by atoms with Gasteiger partial charge in [-0.25, -0.2) is 8.78 Å². The lowest BCUT2D eigenvalue weighted by Crippen LogP contribution is -2.44. The molecule has 3 rings (SSSR count). The van der Waals surface area contributed by atoms with Crippen LogP contribution in [0.5, 0.6) is 0 Å². The molecule has 0 amide bonds. The van der Waals surface area contributed by atoms with Crippen molar-refractivity contribution in [3.05, 3.63) is 53.9 Å². The first-order chi connectivity index (χ1) is 11.1. The number of benzene rings is 1. The zero-order chi connectivity index (χ0) is 16.2. The first-order valence-corrected chi connectivity index (χ1v) is 7.98. The molecule has 2 atom stereocenters. The van der Waals surface area contributed by atoms with E-state index in [0.717, 1.165) is 50.6 Å². The second-order valence-corrected chi connectivity index (χ2v) is 6.05. The van der Waals surface area contributed by atoms with E-state index in [2.05, 4.69) is 10.00 Å². The highest BCUT2D eigenvalue weighted by Crippen LogP contribution is 2.24. The zero-order valence-corrected chi connectivity index (χ0v) is 12.9. The molecule has 23 heavy (non-hydrogen) atoms. The van der Waals surface area contributed by atoms with Crippen molar-refractivity contribution in [3.8, 4) is 0 Å². The minimum absolute atomic E-state index is 0.0217. The zero-order valence-electron chi connectivity index (χ0n) is 12.9. The van der Waals surface area contributed by atoms with Gasteiger partial charge in [-0.1, -0.05) is 6.42 Å². The van der Waals surface area contributed by atoms with Gasteiger partial charge in [0.05, 0.1) is 12.6 Å². The predicted octanol–water partition coefficient (Wildman–Crippen LogP) is 2.75. The standard InChI is InChI=1S/C17H21F2N3O/c18-13-5-6-16(19)15(10-13)17(23)12-21-8-2-1-4-14(21)11-22-9-3-7-20-22/h3,5-7,9-10,14,17,23H,1-2,4,8,11-12H2. The fraction of sp³-hybridized carbons (Fsp3) is 0.471. The molecule has 1 aliphatic rings. The van der Waals surface area contributed by atoms with Crippen LogP contribution in [0.3, 0.4) is 0 Å². The Morgan fingerprint density at radius 2 is 2.17 bits per heavy atom. The second kappa shape index (κ2) is 7.19. The van der Waals surface area contributed by atoms with Gasteiger partial charge in [0.2, 0.25) is 0 Å². The molecule has 6 heteroatoms. The van der Waals surface area contributed by atoms with Crippen LogP contribution in [-0.2, 0) is 6.54 Å². The number of hydrogen-bond acceptors (Lipinski definition) is 3. The molecule has 0 saturated carbocycles. The number of nitrogens with zero attached hydrogens (tertiary/aromatic N) is 3. The van der Waals surface area contributed by atoms with Gasteiger partial charge < -0.3 is 5.11 Å². The van der Waals surface area contributed by atoms with E-state index in [-0.39, 0.29) is 11.6 Å². The van der Waals surface area contributed by atoms with Crippen molar-refractivity contribution in [2.24, 2.45) is 0 Å². The summed E-state index contributed by atoms with van der Waals surface area (Å²) in [4.78, 5) is 2.15. The summed E-state index contributed by atoms with van der Waals surface area (Å²) in [5.41, 5.74) is 0.0217. The fourth-order valence-corrected chi connectivity index (χ4v) is 3.22. The Hall–Kier alpha value is -1.79. The van der Waals surface area contributed by atoms with E-state index >= 15 is 0 Å². The van der Waals surface area contributed by atoms with E-state index in [4.69, 9.17) is 0 Å². The van der Waals surface area contributed by atoms with Gasteiger partial charge in [0.1, 0.15) is 11.6 Å². The molecule has 1 aliphatic heterocycles. The van der Waals surface area contributed by atoms with E-state index in [0.29, 0.717) is 6.54 Å². The Bertz CT molecular complexity index is 633. The summed E-state index contributed by atoms with van der Waals surface area (Å²) in [5.74, 6) is -1.10. The van der Waals surface area contributed by atoms with Crippen molar-refractivity contribution in [3.63, 3.8) is 0 Å². The van der Waals surface area contributed by atoms with Gasteiger partial charge in [-0.2, -0.15) is 5.10 Å². The van der Waals surface area contributed by atoms with Crippen molar-refractivity contribution in [2.45, 2.75) is 38.0 Å². The molecule has 1 saturated heterocycles. The highest BCUT2D eigenvalue weighted by atomic mass is 19.1. The van der Waals surface area contributed by atoms with Gasteiger partial charge in [-0.15, -0.1) is 0 Å². The molecule has 1 aromatic heterocycles. The molecule has 124 valence electrons. The lowest BCUT2D eigenvalue weighted by atomic mass is 10.00. The summed E-state index contributed by atoms with van der Waals surface area (Å²) in [6.45, 7) is 1.89. The van der Waals surface area contributed by atoms with Crippen molar-refractivity contribution in [1.82, 2.24) is 14.7 Å². The van der Waals surface area contributed by atoms with Crippen LogP contribution in [0.25, 0.3) is 0 Å². The molecule has 2 heterocycles. The summed E-state index contributed by atoms with van der Waals surface area (Å²) >= 11 is 0. The number of hydrogen-bond donors (Lipinski definition) is 1. The van der Waals surface area contributed by atoms with Gasteiger partial charge in [-0.05, 0) is 43.7 Å². The van der Waals surface area contributed by atoms with Crippen LogP contribution < -0.4 is 0 Å². The topological polar surface area (TPSA) is 41.3 Å². The van der Waals surface area contributed by atoms with Gasteiger partial charge in [0, 0.05) is 30.5 Å². The molecule has 1 fully saturated rings. The van der Waals surface area contributed by atoms with Gasteiger partial charge in [0.15, 0.2) is 0 Å². The molecule has 0 bridgehead atoms. The third kappa shape index (κ3) is 3.95. The average molecular weight is 321 g/mol. The molecule has 0 spiro atoms. The summed E-state index contributed by atoms with van der Waals surface area (Å²) in [7, 11) is 0. The first-order valence-electron chi connectivity index (χ1n) is 7.98. The van der Waals surface area contributed by atoms with Crippen LogP contribution in [0, 0.1) is 11.6 Å². The number of aliphatic hydroxyl groups is 1. The Balaban J connectivity index is 1.69. The van der Waals surface area contributed by atoms with Crippen LogP contribution in [0.15, 0.2) is 36.7 Å². The van der Waals surface area contributed by atoms with Crippen molar-refractivity contribution in [1.29, 1.82) is 0 Å². The number of aliphatic hydroxyl groups excluding tert-OH is 1. The SMILES string of the molecule is OC(CN1CCCCC1Cn1cccn1)c1cc(F)ccc1F. The number of rotatable bonds is 5. The number of piperidine rings is 1. The third-order valence-electron chi connectivity index (χ3n) is 4.43. The molecule has 4 nitrogen and oxygen atoms in total. The van der Waals surface area contributed by atoms with Crippen LogP contribution in [0.1, 0.15) is 30.9 Å². The fourth-order valence-electron chi connectivity index (χ4n) is 3.22. The van der Waals surface area contributed by atoms with Gasteiger partial charge in [-0.3, -0.25) is 9.58 Å². The maximum Gasteiger partial charge on any atom is 0.129 e. The van der Waals surface area contributed by atoms with E-state index in [9.17, 15) is 13.9 Å². The van der Waals surface area contributed by atoms with E-state index < -0.39 is 17.7 Å². The minimum atomic E-state index is -1.04. The maximum atomic E-state index is 13.8. The quantitative estimate of drug-likeness (QED) is 0.921. The molecule has 1 N–H and O–H groups in total. The molecule has 2 aromatic rings. The van der Waals surface area contributed by atoms with E-state index in [1.807, 2.05) is 16.9 Å². The van der Waals surface area contributed by atoms with Gasteiger partial charge in [0.25, 0.3) is 0 Å². The molecular formula is C17H21F2N3O.